The fourth-order valence-electron chi connectivity index (χ4n) is 3.35. The molecule has 0 fully saturated rings. The molecule has 6 heteroatoms. The Kier molecular flexibility index (Phi) is 7.66. The van der Waals surface area contributed by atoms with Gasteiger partial charge in [-0.1, -0.05) is 48.5 Å². The number of amides is 2. The average Bonchev–Trinajstić information content (AvgIpc) is 2.89. The van der Waals surface area contributed by atoms with Crippen LogP contribution in [0.25, 0.3) is 0 Å². The highest BCUT2D eigenvalue weighted by Gasteiger charge is 2.09. The summed E-state index contributed by atoms with van der Waals surface area (Å²) >= 11 is 0. The maximum Gasteiger partial charge on any atom is 0.271 e. The van der Waals surface area contributed by atoms with Gasteiger partial charge in [-0.2, -0.15) is 5.10 Å². The van der Waals surface area contributed by atoms with E-state index in [1.165, 1.54) is 0 Å². The Morgan fingerprint density at radius 2 is 1.49 bits per heavy atom. The van der Waals surface area contributed by atoms with E-state index in [1.54, 1.807) is 36.5 Å². The molecule has 0 aliphatic carbocycles. The van der Waals surface area contributed by atoms with E-state index in [2.05, 4.69) is 15.8 Å². The molecule has 0 heterocycles. The number of ether oxygens (including phenoxy) is 1. The van der Waals surface area contributed by atoms with Crippen LogP contribution in [0.3, 0.4) is 0 Å². The van der Waals surface area contributed by atoms with Crippen LogP contribution in [-0.2, 0) is 6.61 Å². The van der Waals surface area contributed by atoms with E-state index in [1.807, 2.05) is 79.7 Å². The molecule has 0 bridgehead atoms. The second kappa shape index (κ2) is 11.4. The van der Waals surface area contributed by atoms with E-state index in [9.17, 15) is 9.59 Å². The van der Waals surface area contributed by atoms with E-state index in [-0.39, 0.29) is 11.8 Å². The van der Waals surface area contributed by atoms with Gasteiger partial charge >= 0.3 is 0 Å². The van der Waals surface area contributed by atoms with Gasteiger partial charge in [0.05, 0.1) is 6.21 Å². The van der Waals surface area contributed by atoms with Crippen molar-refractivity contribution in [3.8, 4) is 5.75 Å². The summed E-state index contributed by atoms with van der Waals surface area (Å²) in [7, 11) is 0. The number of carbonyl (C=O) groups excluding carboxylic acids is 2. The van der Waals surface area contributed by atoms with Gasteiger partial charge in [0.2, 0.25) is 0 Å². The van der Waals surface area contributed by atoms with Crippen LogP contribution in [0.5, 0.6) is 5.75 Å². The van der Waals surface area contributed by atoms with Crippen LogP contribution in [0.2, 0.25) is 0 Å². The second-order valence-electron chi connectivity index (χ2n) is 7.89. The highest BCUT2D eigenvalue weighted by atomic mass is 16.5. The lowest BCUT2D eigenvalue weighted by Crippen LogP contribution is -2.18. The molecule has 0 atom stereocenters. The zero-order chi connectivity index (χ0) is 24.5. The van der Waals surface area contributed by atoms with Crippen LogP contribution >= 0.6 is 0 Å². The van der Waals surface area contributed by atoms with Gasteiger partial charge < -0.3 is 10.1 Å². The van der Waals surface area contributed by atoms with Crippen molar-refractivity contribution < 1.29 is 14.3 Å². The standard InChI is InChI=1S/C29H25N3O3/c1-21-7-5-6-10-27(21)29(34)31-25-15-13-24(14-16-25)28(33)32-30-19-22-11-17-26(18-12-22)35-20-23-8-3-2-4-9-23/h2-19H,20H2,1H3,(H,31,34)(H,32,33)/b30-19+. The number of hydrogen-bond acceptors (Lipinski definition) is 4. The van der Waals surface area contributed by atoms with Crippen LogP contribution < -0.4 is 15.5 Å². The van der Waals surface area contributed by atoms with Gasteiger partial charge in [-0.05, 0) is 78.2 Å². The van der Waals surface area contributed by atoms with Crippen molar-refractivity contribution in [1.29, 1.82) is 0 Å². The van der Waals surface area contributed by atoms with E-state index in [0.717, 1.165) is 22.4 Å². The first kappa shape index (κ1) is 23.4. The minimum absolute atomic E-state index is 0.193. The van der Waals surface area contributed by atoms with Crippen LogP contribution in [0.1, 0.15) is 37.4 Å². The number of nitrogens with one attached hydrogen (secondary N) is 2. The van der Waals surface area contributed by atoms with E-state index in [4.69, 9.17) is 4.74 Å². The predicted octanol–water partition coefficient (Wildman–Crippen LogP) is 5.59. The molecule has 0 saturated carbocycles. The van der Waals surface area contributed by atoms with Crippen LogP contribution in [0, 0.1) is 6.92 Å². The molecule has 4 rings (SSSR count). The molecule has 0 unspecified atom stereocenters. The van der Waals surface area contributed by atoms with Crippen molar-refractivity contribution in [3.63, 3.8) is 0 Å². The first-order valence-electron chi connectivity index (χ1n) is 11.2. The summed E-state index contributed by atoms with van der Waals surface area (Å²) in [6.07, 6.45) is 1.57. The third kappa shape index (κ3) is 6.65. The first-order chi connectivity index (χ1) is 17.1. The molecule has 2 N–H and O–H groups in total. The van der Waals surface area contributed by atoms with Crippen molar-refractivity contribution in [1.82, 2.24) is 5.43 Å². The van der Waals surface area contributed by atoms with Crippen molar-refractivity contribution >= 4 is 23.7 Å². The molecule has 4 aromatic rings. The van der Waals surface area contributed by atoms with Crippen molar-refractivity contribution in [2.75, 3.05) is 5.32 Å². The monoisotopic (exact) mass is 463 g/mol. The third-order valence-corrected chi connectivity index (χ3v) is 5.30. The Hall–Kier alpha value is -4.71. The summed E-state index contributed by atoms with van der Waals surface area (Å²) in [6.45, 7) is 2.38. The highest BCUT2D eigenvalue weighted by molar-refractivity contribution is 6.05. The van der Waals surface area contributed by atoms with Crippen LogP contribution in [0.4, 0.5) is 5.69 Å². The molecule has 0 aliphatic rings. The number of hydrogen-bond donors (Lipinski definition) is 2. The molecule has 6 nitrogen and oxygen atoms in total. The van der Waals surface area contributed by atoms with E-state index < -0.39 is 0 Å². The smallest absolute Gasteiger partial charge is 0.271 e. The van der Waals surface area contributed by atoms with Crippen molar-refractivity contribution in [2.45, 2.75) is 13.5 Å². The molecule has 0 radical (unpaired) electrons. The Labute approximate surface area is 204 Å². The van der Waals surface area contributed by atoms with Crippen LogP contribution in [0.15, 0.2) is 108 Å². The summed E-state index contributed by atoms with van der Waals surface area (Å²) in [5, 5.41) is 6.87. The number of carbonyl (C=O) groups is 2. The maximum atomic E-state index is 12.4. The molecule has 0 aromatic heterocycles. The third-order valence-electron chi connectivity index (χ3n) is 5.30. The van der Waals surface area contributed by atoms with Gasteiger partial charge in [-0.3, -0.25) is 9.59 Å². The molecular formula is C29H25N3O3. The average molecular weight is 464 g/mol. The predicted molar refractivity (Wildman–Crippen MR) is 138 cm³/mol. The molecule has 4 aromatic carbocycles. The number of hydrazone groups is 1. The molecule has 0 saturated heterocycles. The fraction of sp³-hybridized carbons (Fsp3) is 0.0690. The quantitative estimate of drug-likeness (QED) is 0.264. The fourth-order valence-corrected chi connectivity index (χ4v) is 3.35. The lowest BCUT2D eigenvalue weighted by molar-refractivity contribution is 0.0954. The lowest BCUT2D eigenvalue weighted by Gasteiger charge is -2.08. The number of rotatable bonds is 8. The highest BCUT2D eigenvalue weighted by Crippen LogP contribution is 2.15. The maximum absolute atomic E-state index is 12.4. The zero-order valence-corrected chi connectivity index (χ0v) is 19.3. The summed E-state index contributed by atoms with van der Waals surface area (Å²) < 4.78 is 5.77. The molecule has 35 heavy (non-hydrogen) atoms. The Bertz CT molecular complexity index is 1320. The second-order valence-corrected chi connectivity index (χ2v) is 7.89. The molecule has 2 amide bonds. The van der Waals surface area contributed by atoms with Crippen molar-refractivity contribution in [3.05, 3.63) is 131 Å². The summed E-state index contributed by atoms with van der Waals surface area (Å²) in [6, 6.07) is 31.4. The van der Waals surface area contributed by atoms with Crippen LogP contribution in [-0.4, -0.2) is 18.0 Å². The summed E-state index contributed by atoms with van der Waals surface area (Å²) in [5.41, 5.74) is 6.98. The number of benzene rings is 4. The van der Waals surface area contributed by atoms with Gasteiger partial charge in [0.25, 0.3) is 11.8 Å². The number of aryl methyl sites for hydroxylation is 1. The Balaban J connectivity index is 1.27. The molecule has 0 spiro atoms. The van der Waals surface area contributed by atoms with Gasteiger partial charge in [-0.25, -0.2) is 5.43 Å². The number of anilines is 1. The van der Waals surface area contributed by atoms with Gasteiger partial charge in [0.15, 0.2) is 0 Å². The normalized spacial score (nSPS) is 10.7. The molecule has 174 valence electrons. The SMILES string of the molecule is Cc1ccccc1C(=O)Nc1ccc(C(=O)N/N=C/c2ccc(OCc3ccccc3)cc2)cc1. The minimum atomic E-state index is -0.346. The topological polar surface area (TPSA) is 79.8 Å². The summed E-state index contributed by atoms with van der Waals surface area (Å²) in [5.74, 6) is 0.215. The van der Waals surface area contributed by atoms with Gasteiger partial charge in [-0.15, -0.1) is 0 Å². The Morgan fingerprint density at radius 1 is 0.800 bits per heavy atom. The van der Waals surface area contributed by atoms with Gasteiger partial charge in [0.1, 0.15) is 12.4 Å². The van der Waals surface area contributed by atoms with E-state index in [0.29, 0.717) is 23.4 Å². The Morgan fingerprint density at radius 3 is 2.20 bits per heavy atom. The molecule has 0 aliphatic heterocycles. The zero-order valence-electron chi connectivity index (χ0n) is 19.3. The summed E-state index contributed by atoms with van der Waals surface area (Å²) in [4.78, 5) is 24.8. The lowest BCUT2D eigenvalue weighted by atomic mass is 10.1. The number of nitrogens with zero attached hydrogens (tertiary/aromatic N) is 1. The largest absolute Gasteiger partial charge is 0.489 e. The van der Waals surface area contributed by atoms with Gasteiger partial charge in [0, 0.05) is 16.8 Å². The van der Waals surface area contributed by atoms with Crippen molar-refractivity contribution in [2.24, 2.45) is 5.10 Å². The molecular weight excluding hydrogens is 438 g/mol. The minimum Gasteiger partial charge on any atom is -0.489 e. The van der Waals surface area contributed by atoms with E-state index >= 15 is 0 Å². The first-order valence-corrected chi connectivity index (χ1v) is 11.2.